The molecule has 0 aromatic heterocycles. The number of benzene rings is 2. The van der Waals surface area contributed by atoms with Crippen molar-refractivity contribution in [1.82, 2.24) is 5.32 Å². The van der Waals surface area contributed by atoms with E-state index in [4.69, 9.17) is 21.1 Å². The van der Waals surface area contributed by atoms with Crippen LogP contribution in [-0.2, 0) is 11.2 Å². The Kier molecular flexibility index (Phi) is 7.34. The highest BCUT2D eigenvalue weighted by molar-refractivity contribution is 8.00. The number of fused-ring (bicyclic) bond motifs is 1. The fourth-order valence-electron chi connectivity index (χ4n) is 4.55. The highest BCUT2D eigenvalue weighted by Gasteiger charge is 2.43. The Morgan fingerprint density at radius 3 is 2.74 bits per heavy atom. The molecule has 1 aliphatic heterocycles. The summed E-state index contributed by atoms with van der Waals surface area (Å²) in [5.74, 6) is 2.34. The molecule has 0 radical (unpaired) electrons. The summed E-state index contributed by atoms with van der Waals surface area (Å²) in [5, 5.41) is 4.02. The van der Waals surface area contributed by atoms with Crippen molar-refractivity contribution in [1.29, 1.82) is 0 Å². The zero-order chi connectivity index (χ0) is 21.7. The number of amides is 1. The first-order chi connectivity index (χ1) is 15.1. The van der Waals surface area contributed by atoms with Crippen LogP contribution in [0.4, 0.5) is 0 Å². The largest absolute Gasteiger partial charge is 0.494 e. The van der Waals surface area contributed by atoms with Crippen molar-refractivity contribution in [2.45, 2.75) is 56.3 Å². The molecule has 2 aromatic carbocycles. The molecule has 1 atom stereocenters. The van der Waals surface area contributed by atoms with Crippen LogP contribution in [0.15, 0.2) is 42.5 Å². The Hall–Kier alpha value is -1.85. The molecule has 4 nitrogen and oxygen atoms in total. The summed E-state index contributed by atoms with van der Waals surface area (Å²) in [5.41, 5.74) is 2.26. The van der Waals surface area contributed by atoms with Gasteiger partial charge in [0.25, 0.3) is 0 Å². The Labute approximate surface area is 194 Å². The SMILES string of the molecule is CCOc1ccc2c(c1)[C@@H](SCC(=O)NCCc1ccc(Cl)cc1)CC1(CCCC1)O2. The Morgan fingerprint density at radius 1 is 1.23 bits per heavy atom. The zero-order valence-electron chi connectivity index (χ0n) is 18.0. The molecule has 1 spiro atoms. The van der Waals surface area contributed by atoms with E-state index in [0.29, 0.717) is 18.9 Å². The molecule has 2 aromatic rings. The van der Waals surface area contributed by atoms with E-state index in [-0.39, 0.29) is 16.8 Å². The van der Waals surface area contributed by atoms with E-state index in [1.54, 1.807) is 11.8 Å². The van der Waals surface area contributed by atoms with Crippen molar-refractivity contribution < 1.29 is 14.3 Å². The molecule has 1 aliphatic carbocycles. The van der Waals surface area contributed by atoms with Crippen molar-refractivity contribution in [3.8, 4) is 11.5 Å². The smallest absolute Gasteiger partial charge is 0.230 e. The number of halogens is 1. The summed E-state index contributed by atoms with van der Waals surface area (Å²) < 4.78 is 12.2. The van der Waals surface area contributed by atoms with Gasteiger partial charge in [-0.25, -0.2) is 0 Å². The van der Waals surface area contributed by atoms with Crippen LogP contribution in [0.25, 0.3) is 0 Å². The number of rotatable bonds is 8. The van der Waals surface area contributed by atoms with Crippen molar-refractivity contribution in [3.63, 3.8) is 0 Å². The lowest BCUT2D eigenvalue weighted by Crippen LogP contribution is -2.38. The molecule has 6 heteroatoms. The predicted molar refractivity (Wildman–Crippen MR) is 127 cm³/mol. The van der Waals surface area contributed by atoms with E-state index in [9.17, 15) is 4.79 Å². The third kappa shape index (κ3) is 5.69. The molecule has 31 heavy (non-hydrogen) atoms. The molecule has 1 saturated carbocycles. The summed E-state index contributed by atoms with van der Waals surface area (Å²) >= 11 is 7.65. The van der Waals surface area contributed by atoms with Gasteiger partial charge < -0.3 is 14.8 Å². The molecule has 166 valence electrons. The molecule has 1 N–H and O–H groups in total. The lowest BCUT2D eigenvalue weighted by atomic mass is 9.89. The van der Waals surface area contributed by atoms with E-state index in [1.165, 1.54) is 18.4 Å². The fourth-order valence-corrected chi connectivity index (χ4v) is 5.92. The third-order valence-electron chi connectivity index (χ3n) is 6.10. The minimum atomic E-state index is -0.0666. The molecular formula is C25H30ClNO3S. The second-order valence-corrected chi connectivity index (χ2v) is 9.98. The molecule has 1 amide bonds. The first-order valence-electron chi connectivity index (χ1n) is 11.2. The lowest BCUT2D eigenvalue weighted by molar-refractivity contribution is -0.118. The topological polar surface area (TPSA) is 47.6 Å². The maximum Gasteiger partial charge on any atom is 0.230 e. The number of nitrogens with one attached hydrogen (secondary N) is 1. The molecular weight excluding hydrogens is 430 g/mol. The summed E-state index contributed by atoms with van der Waals surface area (Å²) in [4.78, 5) is 12.5. The standard InChI is InChI=1S/C25H30ClNO3S/c1-2-29-20-9-10-22-21(15-20)23(16-25(30-22)12-3-4-13-25)31-17-24(28)27-14-11-18-5-7-19(26)8-6-18/h5-10,15,23H,2-4,11-14,16-17H2,1H3,(H,27,28)/t23-/m0/s1. The molecule has 1 heterocycles. The van der Waals surface area contributed by atoms with Gasteiger partial charge in [-0.1, -0.05) is 23.7 Å². The number of thioether (sulfide) groups is 1. The first kappa shape index (κ1) is 22.3. The normalized spacial score (nSPS) is 19.0. The predicted octanol–water partition coefficient (Wildman–Crippen LogP) is 5.97. The Bertz CT molecular complexity index is 896. The molecule has 1 fully saturated rings. The van der Waals surface area contributed by atoms with Gasteiger partial charge in [-0.2, -0.15) is 0 Å². The van der Waals surface area contributed by atoms with E-state index < -0.39 is 0 Å². The summed E-state index contributed by atoms with van der Waals surface area (Å²) in [6.45, 7) is 3.26. The van der Waals surface area contributed by atoms with Crippen LogP contribution in [0.3, 0.4) is 0 Å². The molecule has 0 bridgehead atoms. The van der Waals surface area contributed by atoms with E-state index in [1.807, 2.05) is 43.3 Å². The molecule has 0 unspecified atom stereocenters. The summed E-state index contributed by atoms with van der Waals surface area (Å²) in [6, 6.07) is 13.9. The van der Waals surface area contributed by atoms with Crippen molar-refractivity contribution in [2.75, 3.05) is 18.9 Å². The molecule has 0 saturated heterocycles. The van der Waals surface area contributed by atoms with E-state index >= 15 is 0 Å². The maximum atomic E-state index is 12.5. The van der Waals surface area contributed by atoms with Crippen LogP contribution in [-0.4, -0.2) is 30.4 Å². The second kappa shape index (κ2) is 10.2. The van der Waals surface area contributed by atoms with Gasteiger partial charge in [-0.3, -0.25) is 4.79 Å². The monoisotopic (exact) mass is 459 g/mol. The number of hydrogen-bond donors (Lipinski definition) is 1. The first-order valence-corrected chi connectivity index (χ1v) is 12.6. The van der Waals surface area contributed by atoms with Gasteiger partial charge in [0.1, 0.15) is 17.1 Å². The van der Waals surface area contributed by atoms with Gasteiger partial charge in [0.15, 0.2) is 0 Å². The summed E-state index contributed by atoms with van der Waals surface area (Å²) in [6.07, 6.45) is 6.39. The Morgan fingerprint density at radius 2 is 2.00 bits per heavy atom. The van der Waals surface area contributed by atoms with Gasteiger partial charge in [-0.15, -0.1) is 11.8 Å². The van der Waals surface area contributed by atoms with Gasteiger partial charge in [-0.05, 0) is 74.9 Å². The van der Waals surface area contributed by atoms with Gasteiger partial charge >= 0.3 is 0 Å². The highest BCUT2D eigenvalue weighted by atomic mass is 35.5. The average Bonchev–Trinajstić information content (AvgIpc) is 3.21. The number of ether oxygens (including phenoxy) is 2. The van der Waals surface area contributed by atoms with Gasteiger partial charge in [0.05, 0.1) is 12.4 Å². The minimum Gasteiger partial charge on any atom is -0.494 e. The van der Waals surface area contributed by atoms with Crippen LogP contribution in [0, 0.1) is 0 Å². The highest BCUT2D eigenvalue weighted by Crippen LogP contribution is 2.52. The number of carbonyl (C=O) groups is 1. The maximum absolute atomic E-state index is 12.5. The summed E-state index contributed by atoms with van der Waals surface area (Å²) in [7, 11) is 0. The minimum absolute atomic E-state index is 0.0666. The van der Waals surface area contributed by atoms with Crippen LogP contribution in [0.1, 0.15) is 55.4 Å². The van der Waals surface area contributed by atoms with Crippen LogP contribution >= 0.6 is 23.4 Å². The number of hydrogen-bond acceptors (Lipinski definition) is 4. The number of carbonyl (C=O) groups excluding carboxylic acids is 1. The van der Waals surface area contributed by atoms with Crippen molar-refractivity contribution >= 4 is 29.3 Å². The van der Waals surface area contributed by atoms with Crippen LogP contribution < -0.4 is 14.8 Å². The average molecular weight is 460 g/mol. The van der Waals surface area contributed by atoms with Gasteiger partial charge in [0.2, 0.25) is 5.91 Å². The Balaban J connectivity index is 1.36. The van der Waals surface area contributed by atoms with E-state index in [2.05, 4.69) is 11.4 Å². The van der Waals surface area contributed by atoms with Crippen molar-refractivity contribution in [3.05, 3.63) is 58.6 Å². The fraction of sp³-hybridized carbons (Fsp3) is 0.480. The molecule has 2 aliphatic rings. The van der Waals surface area contributed by atoms with Crippen LogP contribution in [0.2, 0.25) is 5.02 Å². The van der Waals surface area contributed by atoms with Gasteiger partial charge in [0, 0.05) is 28.8 Å². The quantitative estimate of drug-likeness (QED) is 0.528. The van der Waals surface area contributed by atoms with E-state index in [0.717, 1.165) is 47.8 Å². The third-order valence-corrected chi connectivity index (χ3v) is 7.61. The zero-order valence-corrected chi connectivity index (χ0v) is 19.6. The molecule has 4 rings (SSSR count). The second-order valence-electron chi connectivity index (χ2n) is 8.36. The van der Waals surface area contributed by atoms with Crippen molar-refractivity contribution in [2.24, 2.45) is 0 Å². The lowest BCUT2D eigenvalue weighted by Gasteiger charge is -2.40. The van der Waals surface area contributed by atoms with Crippen LogP contribution in [0.5, 0.6) is 11.5 Å².